The lowest BCUT2D eigenvalue weighted by Crippen LogP contribution is -2.16. The number of ether oxygens (including phenoxy) is 1. The van der Waals surface area contributed by atoms with Gasteiger partial charge in [-0.1, -0.05) is 0 Å². The quantitative estimate of drug-likeness (QED) is 0.572. The first-order valence-corrected chi connectivity index (χ1v) is 3.74. The molecule has 11 heavy (non-hydrogen) atoms. The topological polar surface area (TPSA) is 49.8 Å². The van der Waals surface area contributed by atoms with Crippen LogP contribution in [0.4, 0.5) is 0 Å². The van der Waals surface area contributed by atoms with E-state index in [0.717, 1.165) is 6.42 Å². The summed E-state index contributed by atoms with van der Waals surface area (Å²) in [5, 5.41) is 8.63. The standard InChI is InChI=1S/C8H10O3/c1-8-3-2-5(7(9)10)4-6(8)11-8/h4,6H,2-3H2,1H3,(H,9,10). The minimum atomic E-state index is -0.803. The highest BCUT2D eigenvalue weighted by atomic mass is 16.6. The molecule has 3 heteroatoms. The van der Waals surface area contributed by atoms with Crippen LogP contribution >= 0.6 is 0 Å². The van der Waals surface area contributed by atoms with Gasteiger partial charge in [-0.25, -0.2) is 4.79 Å². The molecule has 2 unspecified atom stereocenters. The molecule has 2 rings (SSSR count). The smallest absolute Gasteiger partial charge is 0.331 e. The van der Waals surface area contributed by atoms with Crippen molar-refractivity contribution < 1.29 is 14.6 Å². The molecule has 1 fully saturated rings. The Kier molecular flexibility index (Phi) is 1.16. The third-order valence-electron chi connectivity index (χ3n) is 2.46. The number of hydrogen-bond donors (Lipinski definition) is 1. The highest BCUT2D eigenvalue weighted by Crippen LogP contribution is 2.45. The molecule has 1 aliphatic carbocycles. The Labute approximate surface area is 64.7 Å². The average Bonchev–Trinajstić information content (AvgIpc) is 2.58. The van der Waals surface area contributed by atoms with Crippen LogP contribution in [-0.2, 0) is 9.53 Å². The van der Waals surface area contributed by atoms with Gasteiger partial charge in [-0.2, -0.15) is 0 Å². The number of carboxylic acids is 1. The molecule has 0 aromatic heterocycles. The lowest BCUT2D eigenvalue weighted by molar-refractivity contribution is -0.132. The zero-order valence-corrected chi connectivity index (χ0v) is 6.33. The largest absolute Gasteiger partial charge is 0.478 e. The lowest BCUT2D eigenvalue weighted by Gasteiger charge is -2.10. The Morgan fingerprint density at radius 2 is 2.64 bits per heavy atom. The number of epoxide rings is 1. The molecule has 0 spiro atoms. The van der Waals surface area contributed by atoms with Gasteiger partial charge in [0.1, 0.15) is 6.10 Å². The maximum atomic E-state index is 10.5. The Morgan fingerprint density at radius 1 is 1.91 bits per heavy atom. The molecule has 3 nitrogen and oxygen atoms in total. The SMILES string of the molecule is CC12CCC(C(=O)O)=CC1O2. The number of aliphatic carboxylic acids is 1. The second-order valence-corrected chi connectivity index (χ2v) is 3.35. The summed E-state index contributed by atoms with van der Waals surface area (Å²) >= 11 is 0. The Hall–Kier alpha value is -0.830. The molecule has 1 saturated heterocycles. The van der Waals surface area contributed by atoms with E-state index in [2.05, 4.69) is 0 Å². The molecule has 0 aromatic rings. The van der Waals surface area contributed by atoms with Crippen LogP contribution in [-0.4, -0.2) is 22.8 Å². The summed E-state index contributed by atoms with van der Waals surface area (Å²) in [6, 6.07) is 0. The first kappa shape index (κ1) is 6.85. The minimum absolute atomic E-state index is 0.0288. The highest BCUT2D eigenvalue weighted by Gasteiger charge is 2.53. The molecule has 1 N–H and O–H groups in total. The van der Waals surface area contributed by atoms with Crippen LogP contribution in [0.1, 0.15) is 19.8 Å². The second kappa shape index (κ2) is 1.85. The second-order valence-electron chi connectivity index (χ2n) is 3.35. The highest BCUT2D eigenvalue weighted by molar-refractivity contribution is 5.87. The maximum absolute atomic E-state index is 10.5. The molecule has 0 amide bonds. The van der Waals surface area contributed by atoms with Gasteiger partial charge < -0.3 is 9.84 Å². The summed E-state index contributed by atoms with van der Waals surface area (Å²) in [4.78, 5) is 10.5. The van der Waals surface area contributed by atoms with E-state index in [1.165, 1.54) is 0 Å². The van der Waals surface area contributed by atoms with Crippen molar-refractivity contribution in [1.29, 1.82) is 0 Å². The van der Waals surface area contributed by atoms with Gasteiger partial charge in [0.05, 0.1) is 5.60 Å². The van der Waals surface area contributed by atoms with Gasteiger partial charge in [0.15, 0.2) is 0 Å². The van der Waals surface area contributed by atoms with E-state index in [-0.39, 0.29) is 11.7 Å². The van der Waals surface area contributed by atoms with Crippen molar-refractivity contribution in [3.8, 4) is 0 Å². The minimum Gasteiger partial charge on any atom is -0.478 e. The van der Waals surface area contributed by atoms with Gasteiger partial charge in [0, 0.05) is 5.57 Å². The number of carbonyl (C=O) groups is 1. The van der Waals surface area contributed by atoms with Crippen LogP contribution < -0.4 is 0 Å². The van der Waals surface area contributed by atoms with Crippen LogP contribution in [0.3, 0.4) is 0 Å². The van der Waals surface area contributed by atoms with Gasteiger partial charge in [-0.05, 0) is 25.8 Å². The molecule has 0 bridgehead atoms. The van der Waals surface area contributed by atoms with Gasteiger partial charge in [-0.15, -0.1) is 0 Å². The van der Waals surface area contributed by atoms with E-state index in [9.17, 15) is 4.79 Å². The molecule has 2 aliphatic rings. The van der Waals surface area contributed by atoms with E-state index in [4.69, 9.17) is 9.84 Å². The van der Waals surface area contributed by atoms with Gasteiger partial charge in [0.25, 0.3) is 0 Å². The molecular formula is C8H10O3. The monoisotopic (exact) mass is 154 g/mol. The van der Waals surface area contributed by atoms with Crippen LogP contribution in [0.2, 0.25) is 0 Å². The number of rotatable bonds is 1. The van der Waals surface area contributed by atoms with E-state index in [1.807, 2.05) is 6.92 Å². The summed E-state index contributed by atoms with van der Waals surface area (Å²) < 4.78 is 5.31. The molecule has 0 radical (unpaired) electrons. The van der Waals surface area contributed by atoms with Crippen LogP contribution in [0.5, 0.6) is 0 Å². The van der Waals surface area contributed by atoms with E-state index in [1.54, 1.807) is 6.08 Å². The number of fused-ring (bicyclic) bond motifs is 1. The normalized spacial score (nSPS) is 40.8. The molecular weight excluding hydrogens is 144 g/mol. The summed E-state index contributed by atoms with van der Waals surface area (Å²) in [6.45, 7) is 2.02. The van der Waals surface area contributed by atoms with E-state index < -0.39 is 5.97 Å². The summed E-state index contributed by atoms with van der Waals surface area (Å²) in [5.74, 6) is -0.803. The van der Waals surface area contributed by atoms with Crippen LogP contribution in [0.25, 0.3) is 0 Å². The summed E-state index contributed by atoms with van der Waals surface area (Å²) in [7, 11) is 0. The van der Waals surface area contributed by atoms with Crippen molar-refractivity contribution >= 4 is 5.97 Å². The third-order valence-corrected chi connectivity index (χ3v) is 2.46. The fraction of sp³-hybridized carbons (Fsp3) is 0.625. The fourth-order valence-corrected chi connectivity index (χ4v) is 1.49. The predicted octanol–water partition coefficient (Wildman–Crippen LogP) is 0.949. The molecule has 2 atom stereocenters. The summed E-state index contributed by atoms with van der Waals surface area (Å²) in [6.07, 6.45) is 3.28. The third kappa shape index (κ3) is 0.959. The Morgan fingerprint density at radius 3 is 3.18 bits per heavy atom. The van der Waals surface area contributed by atoms with Gasteiger partial charge in [-0.3, -0.25) is 0 Å². The number of hydrogen-bond acceptors (Lipinski definition) is 2. The predicted molar refractivity (Wildman–Crippen MR) is 38.2 cm³/mol. The van der Waals surface area contributed by atoms with Crippen molar-refractivity contribution in [3.05, 3.63) is 11.6 Å². The average molecular weight is 154 g/mol. The van der Waals surface area contributed by atoms with Crippen molar-refractivity contribution in [2.24, 2.45) is 0 Å². The lowest BCUT2D eigenvalue weighted by atomic mass is 9.91. The molecule has 0 aromatic carbocycles. The Bertz CT molecular complexity index is 244. The summed E-state index contributed by atoms with van der Waals surface area (Å²) in [5.41, 5.74) is 0.476. The zero-order chi connectivity index (χ0) is 8.06. The molecule has 0 saturated carbocycles. The van der Waals surface area contributed by atoms with E-state index >= 15 is 0 Å². The van der Waals surface area contributed by atoms with Crippen molar-refractivity contribution in [3.63, 3.8) is 0 Å². The maximum Gasteiger partial charge on any atom is 0.331 e. The van der Waals surface area contributed by atoms with Crippen molar-refractivity contribution in [2.75, 3.05) is 0 Å². The fourth-order valence-electron chi connectivity index (χ4n) is 1.49. The number of carboxylic acid groups (broad SMARTS) is 1. The van der Waals surface area contributed by atoms with Crippen LogP contribution in [0.15, 0.2) is 11.6 Å². The zero-order valence-electron chi connectivity index (χ0n) is 6.33. The van der Waals surface area contributed by atoms with Gasteiger partial charge in [0.2, 0.25) is 0 Å². The molecule has 60 valence electrons. The first-order chi connectivity index (χ1) is 5.12. The first-order valence-electron chi connectivity index (χ1n) is 3.74. The molecule has 1 heterocycles. The van der Waals surface area contributed by atoms with Crippen LogP contribution in [0, 0.1) is 0 Å². The van der Waals surface area contributed by atoms with Crippen molar-refractivity contribution in [1.82, 2.24) is 0 Å². The van der Waals surface area contributed by atoms with Gasteiger partial charge >= 0.3 is 5.97 Å². The Balaban J connectivity index is 2.17. The van der Waals surface area contributed by atoms with E-state index in [0.29, 0.717) is 12.0 Å². The molecule has 1 aliphatic heterocycles. The van der Waals surface area contributed by atoms with Crippen molar-refractivity contribution in [2.45, 2.75) is 31.5 Å².